The molecule has 0 aliphatic carbocycles. The van der Waals surface area contributed by atoms with Crippen molar-refractivity contribution in [1.82, 2.24) is 10.6 Å². The zero-order chi connectivity index (χ0) is 22.7. The Kier molecular flexibility index (Phi) is 8.41. The Labute approximate surface area is 181 Å². The second kappa shape index (κ2) is 11.2. The Morgan fingerprint density at radius 2 is 1.13 bits per heavy atom. The summed E-state index contributed by atoms with van der Waals surface area (Å²) >= 11 is 0. The molecular formula is C23H24N4O4. The Bertz CT molecular complexity index is 891. The molecule has 0 heterocycles. The highest BCUT2D eigenvalue weighted by atomic mass is 16.5. The van der Waals surface area contributed by atoms with Crippen LogP contribution in [0, 0.1) is 28.1 Å². The van der Waals surface area contributed by atoms with Crippen LogP contribution in [0.2, 0.25) is 0 Å². The zero-order valence-corrected chi connectivity index (χ0v) is 17.5. The minimum Gasteiger partial charge on any atom is -0.484 e. The van der Waals surface area contributed by atoms with Crippen molar-refractivity contribution < 1.29 is 19.1 Å². The molecule has 2 rings (SSSR count). The highest BCUT2D eigenvalue weighted by Gasteiger charge is 2.20. The van der Waals surface area contributed by atoms with Crippen molar-refractivity contribution in [2.75, 3.05) is 26.3 Å². The number of rotatable bonds is 10. The van der Waals surface area contributed by atoms with Crippen LogP contribution in [0.1, 0.15) is 25.0 Å². The van der Waals surface area contributed by atoms with Crippen LogP contribution in [0.15, 0.2) is 48.5 Å². The molecule has 0 radical (unpaired) electrons. The molecule has 0 saturated carbocycles. The van der Waals surface area contributed by atoms with Crippen molar-refractivity contribution in [3.05, 3.63) is 59.7 Å². The molecule has 0 aromatic heterocycles. The minimum absolute atomic E-state index is 0.146. The van der Waals surface area contributed by atoms with Crippen molar-refractivity contribution >= 4 is 11.8 Å². The van der Waals surface area contributed by atoms with Crippen LogP contribution in [-0.4, -0.2) is 38.1 Å². The van der Waals surface area contributed by atoms with E-state index in [1.165, 1.54) is 0 Å². The Morgan fingerprint density at radius 3 is 1.45 bits per heavy atom. The summed E-state index contributed by atoms with van der Waals surface area (Å²) in [5.41, 5.74) is 0.652. The SMILES string of the molecule is CC(C)(CNC(=O)COc1ccc(C#N)cc1)CNC(=O)COc1ccc(C#N)cc1. The fourth-order valence-electron chi connectivity index (χ4n) is 2.39. The van der Waals surface area contributed by atoms with Gasteiger partial charge in [0.05, 0.1) is 23.3 Å². The maximum atomic E-state index is 12.0. The smallest absolute Gasteiger partial charge is 0.257 e. The molecule has 0 aliphatic heterocycles. The average molecular weight is 420 g/mol. The van der Waals surface area contributed by atoms with Crippen LogP contribution in [-0.2, 0) is 9.59 Å². The second-order valence-electron chi connectivity index (χ2n) is 7.57. The standard InChI is InChI=1S/C23H24N4O4/c1-23(2,15-26-21(28)13-30-19-7-3-17(11-24)4-8-19)16-27-22(29)14-31-20-9-5-18(12-25)6-10-20/h3-10H,13-16H2,1-2H3,(H,26,28)(H,27,29). The number of benzene rings is 2. The summed E-state index contributed by atoms with van der Waals surface area (Å²) in [5.74, 6) is 0.437. The number of nitrogens with one attached hydrogen (secondary N) is 2. The van der Waals surface area contributed by atoms with Gasteiger partial charge in [-0.2, -0.15) is 10.5 Å². The summed E-state index contributed by atoms with van der Waals surface area (Å²) in [5, 5.41) is 23.1. The monoisotopic (exact) mass is 420 g/mol. The number of nitriles is 2. The van der Waals surface area contributed by atoms with Crippen LogP contribution >= 0.6 is 0 Å². The normalized spacial score (nSPS) is 10.3. The van der Waals surface area contributed by atoms with Gasteiger partial charge in [-0.25, -0.2) is 0 Å². The van der Waals surface area contributed by atoms with Crippen LogP contribution in [0.4, 0.5) is 0 Å². The summed E-state index contributed by atoms with van der Waals surface area (Å²) < 4.78 is 10.8. The molecular weight excluding hydrogens is 396 g/mol. The van der Waals surface area contributed by atoms with Gasteiger partial charge in [-0.3, -0.25) is 9.59 Å². The van der Waals surface area contributed by atoms with E-state index in [-0.39, 0.29) is 30.4 Å². The van der Waals surface area contributed by atoms with Gasteiger partial charge >= 0.3 is 0 Å². The van der Waals surface area contributed by atoms with Gasteiger partial charge in [-0.1, -0.05) is 13.8 Å². The van der Waals surface area contributed by atoms with Crippen LogP contribution in [0.25, 0.3) is 0 Å². The number of hydrogen-bond acceptors (Lipinski definition) is 6. The van der Waals surface area contributed by atoms with E-state index in [4.69, 9.17) is 20.0 Å². The average Bonchev–Trinajstić information content (AvgIpc) is 2.79. The summed E-state index contributed by atoms with van der Waals surface area (Å²) in [7, 11) is 0. The molecule has 31 heavy (non-hydrogen) atoms. The molecule has 2 N–H and O–H groups in total. The van der Waals surface area contributed by atoms with Gasteiger partial charge in [0, 0.05) is 13.1 Å². The van der Waals surface area contributed by atoms with E-state index in [0.29, 0.717) is 35.7 Å². The number of nitrogens with zero attached hydrogens (tertiary/aromatic N) is 2. The van der Waals surface area contributed by atoms with Crippen LogP contribution < -0.4 is 20.1 Å². The van der Waals surface area contributed by atoms with Crippen LogP contribution in [0.5, 0.6) is 11.5 Å². The predicted octanol–water partition coefficient (Wildman–Crippen LogP) is 2.15. The second-order valence-corrected chi connectivity index (χ2v) is 7.57. The van der Waals surface area contributed by atoms with Gasteiger partial charge in [0.15, 0.2) is 13.2 Å². The first-order chi connectivity index (χ1) is 14.8. The minimum atomic E-state index is -0.381. The lowest BCUT2D eigenvalue weighted by Gasteiger charge is -2.25. The van der Waals surface area contributed by atoms with Gasteiger partial charge in [0.25, 0.3) is 11.8 Å². The molecule has 0 aliphatic rings. The first-order valence-electron chi connectivity index (χ1n) is 9.61. The molecule has 160 valence electrons. The van der Waals surface area contributed by atoms with Crippen molar-refractivity contribution in [3.63, 3.8) is 0 Å². The van der Waals surface area contributed by atoms with E-state index in [9.17, 15) is 9.59 Å². The van der Waals surface area contributed by atoms with E-state index in [2.05, 4.69) is 10.6 Å². The molecule has 0 bridgehead atoms. The molecule has 2 aromatic carbocycles. The van der Waals surface area contributed by atoms with Gasteiger partial charge in [-0.05, 0) is 53.9 Å². The quantitative estimate of drug-likeness (QED) is 0.607. The first kappa shape index (κ1) is 23.2. The first-order valence-corrected chi connectivity index (χ1v) is 9.61. The highest BCUT2D eigenvalue weighted by molar-refractivity contribution is 5.78. The zero-order valence-electron chi connectivity index (χ0n) is 17.5. The topological polar surface area (TPSA) is 124 Å². The van der Waals surface area contributed by atoms with Crippen molar-refractivity contribution in [1.29, 1.82) is 10.5 Å². The summed E-state index contributed by atoms with van der Waals surface area (Å²) in [6, 6.07) is 17.0. The van der Waals surface area contributed by atoms with E-state index in [1.54, 1.807) is 48.5 Å². The number of amides is 2. The summed E-state index contributed by atoms with van der Waals surface area (Å²) in [4.78, 5) is 24.0. The molecule has 0 atom stereocenters. The predicted molar refractivity (Wildman–Crippen MR) is 113 cm³/mol. The van der Waals surface area contributed by atoms with Crippen molar-refractivity contribution in [3.8, 4) is 23.6 Å². The lowest BCUT2D eigenvalue weighted by atomic mass is 9.93. The number of carbonyl (C=O) groups is 2. The highest BCUT2D eigenvalue weighted by Crippen LogP contribution is 2.14. The summed E-state index contributed by atoms with van der Waals surface area (Å²) in [6.45, 7) is 4.23. The molecule has 2 aromatic rings. The summed E-state index contributed by atoms with van der Waals surface area (Å²) in [6.07, 6.45) is 0. The van der Waals surface area contributed by atoms with Gasteiger partial charge in [-0.15, -0.1) is 0 Å². The lowest BCUT2D eigenvalue weighted by molar-refractivity contribution is -0.123. The maximum Gasteiger partial charge on any atom is 0.257 e. The van der Waals surface area contributed by atoms with E-state index >= 15 is 0 Å². The molecule has 8 nitrogen and oxygen atoms in total. The third-order valence-corrected chi connectivity index (χ3v) is 4.23. The largest absolute Gasteiger partial charge is 0.484 e. The third kappa shape index (κ3) is 8.46. The fraction of sp³-hybridized carbons (Fsp3) is 0.304. The Hall–Kier alpha value is -4.04. The number of ether oxygens (including phenoxy) is 2. The van der Waals surface area contributed by atoms with E-state index < -0.39 is 0 Å². The third-order valence-electron chi connectivity index (χ3n) is 4.23. The molecule has 0 spiro atoms. The Morgan fingerprint density at radius 1 is 0.774 bits per heavy atom. The molecule has 0 unspecified atom stereocenters. The van der Waals surface area contributed by atoms with Gasteiger partial charge in [0.2, 0.25) is 0 Å². The Balaban J connectivity index is 1.66. The fourth-order valence-corrected chi connectivity index (χ4v) is 2.39. The maximum absolute atomic E-state index is 12.0. The molecule has 2 amide bonds. The molecule has 0 saturated heterocycles. The van der Waals surface area contributed by atoms with Gasteiger partial charge in [0.1, 0.15) is 11.5 Å². The lowest BCUT2D eigenvalue weighted by Crippen LogP contribution is -2.44. The number of carbonyl (C=O) groups excluding carboxylic acids is 2. The van der Waals surface area contributed by atoms with E-state index in [0.717, 1.165) is 0 Å². The van der Waals surface area contributed by atoms with Crippen molar-refractivity contribution in [2.45, 2.75) is 13.8 Å². The van der Waals surface area contributed by atoms with Crippen LogP contribution in [0.3, 0.4) is 0 Å². The molecule has 0 fully saturated rings. The molecule has 8 heteroatoms. The van der Waals surface area contributed by atoms with E-state index in [1.807, 2.05) is 26.0 Å². The number of hydrogen-bond donors (Lipinski definition) is 2. The van der Waals surface area contributed by atoms with Crippen molar-refractivity contribution in [2.24, 2.45) is 5.41 Å². The van der Waals surface area contributed by atoms with Gasteiger partial charge < -0.3 is 20.1 Å².